The Hall–Kier alpha value is -1.95. The number of methoxy groups -OCH3 is 2. The lowest BCUT2D eigenvalue weighted by Gasteiger charge is -2.18. The van der Waals surface area contributed by atoms with Gasteiger partial charge < -0.3 is 24.8 Å². The van der Waals surface area contributed by atoms with E-state index in [-0.39, 0.29) is 0 Å². The van der Waals surface area contributed by atoms with Crippen LogP contribution in [-0.2, 0) is 11.3 Å². The summed E-state index contributed by atoms with van der Waals surface area (Å²) in [6, 6.07) is 5.90. The van der Waals surface area contributed by atoms with E-state index < -0.39 is 0 Å². The third-order valence-electron chi connectivity index (χ3n) is 4.78. The summed E-state index contributed by atoms with van der Waals surface area (Å²) < 4.78 is 16.2. The van der Waals surface area contributed by atoms with E-state index in [1.165, 1.54) is 12.8 Å². The van der Waals surface area contributed by atoms with Gasteiger partial charge in [0, 0.05) is 26.3 Å². The number of ether oxygens (including phenoxy) is 3. The van der Waals surface area contributed by atoms with Crippen LogP contribution >= 0.6 is 0 Å². The third-order valence-corrected chi connectivity index (χ3v) is 4.78. The van der Waals surface area contributed by atoms with Crippen molar-refractivity contribution < 1.29 is 14.2 Å². The first-order chi connectivity index (χ1) is 12.7. The number of hydrogen-bond donors (Lipinski definition) is 2. The van der Waals surface area contributed by atoms with Crippen molar-refractivity contribution in [3.05, 3.63) is 23.8 Å². The highest BCUT2D eigenvalue weighted by atomic mass is 16.5. The van der Waals surface area contributed by atoms with E-state index in [0.717, 1.165) is 55.7 Å². The molecule has 0 aliphatic heterocycles. The number of guanidine groups is 1. The highest BCUT2D eigenvalue weighted by molar-refractivity contribution is 5.79. The van der Waals surface area contributed by atoms with Crippen LogP contribution in [0.2, 0.25) is 0 Å². The Morgan fingerprint density at radius 2 is 1.88 bits per heavy atom. The van der Waals surface area contributed by atoms with Crippen LogP contribution < -0.4 is 20.1 Å². The van der Waals surface area contributed by atoms with Crippen LogP contribution in [0.4, 0.5) is 0 Å². The first-order valence-corrected chi connectivity index (χ1v) is 9.47. The molecule has 6 nitrogen and oxygen atoms in total. The average molecular weight is 364 g/mol. The molecule has 146 valence electrons. The van der Waals surface area contributed by atoms with Gasteiger partial charge in [0.15, 0.2) is 17.5 Å². The summed E-state index contributed by atoms with van der Waals surface area (Å²) in [6.45, 7) is 8.12. The lowest BCUT2D eigenvalue weighted by Crippen LogP contribution is -2.40. The SMILES string of the molecule is CCNC(=NCc1ccc(OC)c(OC)c1)NCC1(CCOCC)CC1. The molecule has 0 saturated heterocycles. The molecule has 0 spiro atoms. The van der Waals surface area contributed by atoms with E-state index in [0.29, 0.717) is 12.0 Å². The fourth-order valence-electron chi connectivity index (χ4n) is 2.89. The van der Waals surface area contributed by atoms with Crippen molar-refractivity contribution in [3.8, 4) is 11.5 Å². The van der Waals surface area contributed by atoms with Crippen molar-refractivity contribution >= 4 is 5.96 Å². The van der Waals surface area contributed by atoms with Crippen LogP contribution in [-0.4, -0.2) is 46.5 Å². The largest absolute Gasteiger partial charge is 0.493 e. The maximum absolute atomic E-state index is 5.51. The molecule has 6 heteroatoms. The first-order valence-electron chi connectivity index (χ1n) is 9.47. The van der Waals surface area contributed by atoms with Crippen molar-refractivity contribution in [2.24, 2.45) is 10.4 Å². The Balaban J connectivity index is 1.92. The number of hydrogen-bond acceptors (Lipinski definition) is 4. The van der Waals surface area contributed by atoms with Crippen molar-refractivity contribution in [2.75, 3.05) is 40.5 Å². The lowest BCUT2D eigenvalue weighted by molar-refractivity contribution is 0.128. The zero-order valence-corrected chi connectivity index (χ0v) is 16.6. The molecule has 1 aromatic carbocycles. The van der Waals surface area contributed by atoms with E-state index in [2.05, 4.69) is 17.6 Å². The molecule has 0 atom stereocenters. The number of nitrogens with zero attached hydrogens (tertiary/aromatic N) is 1. The standard InChI is InChI=1S/C20H33N3O3/c1-5-21-19(23-15-20(9-10-20)11-12-26-6-2)22-14-16-7-8-17(24-3)18(13-16)25-4/h7-8,13H,5-6,9-12,14-15H2,1-4H3,(H2,21,22,23). The third kappa shape index (κ3) is 6.09. The molecule has 0 aromatic heterocycles. The van der Waals surface area contributed by atoms with Crippen LogP contribution in [0.25, 0.3) is 0 Å². The molecule has 2 rings (SSSR count). The summed E-state index contributed by atoms with van der Waals surface area (Å²) in [7, 11) is 3.29. The summed E-state index contributed by atoms with van der Waals surface area (Å²) in [6.07, 6.45) is 3.65. The molecule has 1 aliphatic rings. The molecule has 1 fully saturated rings. The molecule has 2 N–H and O–H groups in total. The fraction of sp³-hybridized carbons (Fsp3) is 0.650. The van der Waals surface area contributed by atoms with Crippen molar-refractivity contribution in [3.63, 3.8) is 0 Å². The van der Waals surface area contributed by atoms with Gasteiger partial charge in [-0.15, -0.1) is 0 Å². The summed E-state index contributed by atoms with van der Waals surface area (Å²) >= 11 is 0. The van der Waals surface area contributed by atoms with E-state index in [9.17, 15) is 0 Å². The molecule has 0 unspecified atom stereocenters. The average Bonchev–Trinajstić information content (AvgIpc) is 3.44. The molecule has 0 amide bonds. The first kappa shape index (κ1) is 20.4. The summed E-state index contributed by atoms with van der Waals surface area (Å²) in [5, 5.41) is 6.82. The Morgan fingerprint density at radius 1 is 1.12 bits per heavy atom. The molecule has 0 radical (unpaired) electrons. The molecule has 1 saturated carbocycles. The quantitative estimate of drug-likeness (QED) is 0.359. The second-order valence-electron chi connectivity index (χ2n) is 6.68. The van der Waals surface area contributed by atoms with E-state index >= 15 is 0 Å². The van der Waals surface area contributed by atoms with Gasteiger partial charge >= 0.3 is 0 Å². The van der Waals surface area contributed by atoms with Gasteiger partial charge in [0.1, 0.15) is 0 Å². The second kappa shape index (κ2) is 10.3. The summed E-state index contributed by atoms with van der Waals surface area (Å²) in [5.74, 6) is 2.31. The van der Waals surface area contributed by atoms with Gasteiger partial charge in [0.05, 0.1) is 20.8 Å². The van der Waals surface area contributed by atoms with Crippen molar-refractivity contribution in [2.45, 2.75) is 39.7 Å². The van der Waals surface area contributed by atoms with Crippen LogP contribution in [0.5, 0.6) is 11.5 Å². The Kier molecular flexibility index (Phi) is 8.04. The van der Waals surface area contributed by atoms with Crippen molar-refractivity contribution in [1.82, 2.24) is 10.6 Å². The lowest BCUT2D eigenvalue weighted by atomic mass is 10.0. The molecular formula is C20H33N3O3. The van der Waals surface area contributed by atoms with E-state index in [4.69, 9.17) is 19.2 Å². The predicted octanol–water partition coefficient (Wildman–Crippen LogP) is 2.97. The normalized spacial score (nSPS) is 15.5. The van der Waals surface area contributed by atoms with Gasteiger partial charge in [-0.1, -0.05) is 6.07 Å². The smallest absolute Gasteiger partial charge is 0.191 e. The molecule has 1 aromatic rings. The highest BCUT2D eigenvalue weighted by Crippen LogP contribution is 2.48. The minimum absolute atomic E-state index is 0.384. The predicted molar refractivity (Wildman–Crippen MR) is 105 cm³/mol. The van der Waals surface area contributed by atoms with E-state index in [1.807, 2.05) is 25.1 Å². The van der Waals surface area contributed by atoms with Crippen LogP contribution in [0.3, 0.4) is 0 Å². The number of benzene rings is 1. The van der Waals surface area contributed by atoms with Gasteiger partial charge in [-0.05, 0) is 56.2 Å². The Labute approximate surface area is 157 Å². The van der Waals surface area contributed by atoms with Gasteiger partial charge in [-0.25, -0.2) is 4.99 Å². The molecular weight excluding hydrogens is 330 g/mol. The summed E-state index contributed by atoms with van der Waals surface area (Å²) in [4.78, 5) is 4.71. The molecule has 0 heterocycles. The van der Waals surface area contributed by atoms with Crippen LogP contribution in [0.1, 0.15) is 38.7 Å². The van der Waals surface area contributed by atoms with Crippen LogP contribution in [0.15, 0.2) is 23.2 Å². The molecule has 0 bridgehead atoms. The highest BCUT2D eigenvalue weighted by Gasteiger charge is 2.41. The van der Waals surface area contributed by atoms with Crippen LogP contribution in [0, 0.1) is 5.41 Å². The second-order valence-corrected chi connectivity index (χ2v) is 6.68. The zero-order valence-electron chi connectivity index (χ0n) is 16.6. The van der Waals surface area contributed by atoms with Gasteiger partial charge in [-0.3, -0.25) is 0 Å². The number of aliphatic imine (C=N–C) groups is 1. The fourth-order valence-corrected chi connectivity index (χ4v) is 2.89. The minimum Gasteiger partial charge on any atom is -0.493 e. The zero-order chi connectivity index (χ0) is 18.8. The number of nitrogens with one attached hydrogen (secondary N) is 2. The monoisotopic (exact) mass is 363 g/mol. The topological polar surface area (TPSA) is 64.1 Å². The molecule has 26 heavy (non-hydrogen) atoms. The maximum Gasteiger partial charge on any atom is 0.191 e. The molecule has 1 aliphatic carbocycles. The van der Waals surface area contributed by atoms with Gasteiger partial charge in [0.2, 0.25) is 0 Å². The Morgan fingerprint density at radius 3 is 2.50 bits per heavy atom. The van der Waals surface area contributed by atoms with Gasteiger partial charge in [0.25, 0.3) is 0 Å². The van der Waals surface area contributed by atoms with Crippen molar-refractivity contribution in [1.29, 1.82) is 0 Å². The summed E-state index contributed by atoms with van der Waals surface area (Å²) in [5.41, 5.74) is 1.46. The van der Waals surface area contributed by atoms with E-state index in [1.54, 1.807) is 14.2 Å². The number of rotatable bonds is 11. The minimum atomic E-state index is 0.384. The maximum atomic E-state index is 5.51. The Bertz CT molecular complexity index is 586. The van der Waals surface area contributed by atoms with Gasteiger partial charge in [-0.2, -0.15) is 0 Å².